The Morgan fingerprint density at radius 2 is 2.07 bits per heavy atom. The van der Waals surface area contributed by atoms with E-state index in [1.165, 1.54) is 0 Å². The third-order valence-corrected chi connectivity index (χ3v) is 4.39. The maximum atomic E-state index is 12.6. The normalized spacial score (nSPS) is 10.7. The van der Waals surface area contributed by atoms with Gasteiger partial charge in [-0.15, -0.1) is 0 Å². The highest BCUT2D eigenvalue weighted by Gasteiger charge is 2.16. The molecule has 7 nitrogen and oxygen atoms in total. The maximum Gasteiger partial charge on any atom is 0.277 e. The predicted molar refractivity (Wildman–Crippen MR) is 109 cm³/mol. The maximum absolute atomic E-state index is 12.6. The molecule has 0 aliphatic rings. The van der Waals surface area contributed by atoms with Gasteiger partial charge >= 0.3 is 0 Å². The van der Waals surface area contributed by atoms with Gasteiger partial charge in [-0.1, -0.05) is 41.0 Å². The number of halogens is 1. The number of hydrogen-bond donors (Lipinski definition) is 1. The van der Waals surface area contributed by atoms with Crippen LogP contribution in [-0.4, -0.2) is 27.2 Å². The minimum Gasteiger partial charge on any atom is -0.490 e. The van der Waals surface area contributed by atoms with E-state index < -0.39 is 5.91 Å². The van der Waals surface area contributed by atoms with Crippen LogP contribution in [0.5, 0.6) is 5.75 Å². The summed E-state index contributed by atoms with van der Waals surface area (Å²) in [5, 5.41) is 7.25. The van der Waals surface area contributed by atoms with E-state index >= 15 is 0 Å². The number of hydrogen-bond acceptors (Lipinski definition) is 5. The molecule has 1 amide bonds. The number of carbonyl (C=O) groups excluding carboxylic acids is 1. The molecule has 0 atom stereocenters. The minimum absolute atomic E-state index is 0.160. The molecule has 0 bridgehead atoms. The topological polar surface area (TPSA) is 82.2 Å². The van der Waals surface area contributed by atoms with E-state index in [1.54, 1.807) is 48.9 Å². The summed E-state index contributed by atoms with van der Waals surface area (Å²) in [5.41, 5.74) is 1.45. The molecule has 0 fully saturated rings. The Bertz CT molecular complexity index is 1110. The molecule has 4 rings (SSSR count). The number of anilines is 1. The molecular formula is C21H17ClN4O3. The molecule has 0 spiro atoms. The van der Waals surface area contributed by atoms with Crippen molar-refractivity contribution in [1.29, 1.82) is 0 Å². The Balaban J connectivity index is 1.43. The number of carbonyl (C=O) groups is 1. The molecule has 2 aromatic heterocycles. The average Bonchev–Trinajstić information content (AvgIpc) is 3.41. The van der Waals surface area contributed by atoms with Crippen LogP contribution >= 0.6 is 11.6 Å². The van der Waals surface area contributed by atoms with Gasteiger partial charge in [0.05, 0.1) is 18.6 Å². The quantitative estimate of drug-likeness (QED) is 0.486. The van der Waals surface area contributed by atoms with Gasteiger partial charge in [0.25, 0.3) is 5.91 Å². The molecule has 8 heteroatoms. The molecule has 0 radical (unpaired) electrons. The number of aromatic nitrogens is 3. The fourth-order valence-corrected chi connectivity index (χ4v) is 2.91. The van der Waals surface area contributed by atoms with Crippen molar-refractivity contribution in [3.05, 3.63) is 84.0 Å². The van der Waals surface area contributed by atoms with Crippen molar-refractivity contribution in [2.24, 2.45) is 0 Å². The molecule has 1 N–H and O–H groups in total. The molecule has 0 aliphatic carbocycles. The number of imidazole rings is 1. The molecule has 0 saturated heterocycles. The lowest BCUT2D eigenvalue weighted by Gasteiger charge is -2.12. The van der Waals surface area contributed by atoms with Crippen LogP contribution in [0.2, 0.25) is 5.02 Å². The number of amides is 1. The van der Waals surface area contributed by atoms with Gasteiger partial charge in [-0.3, -0.25) is 4.79 Å². The lowest BCUT2D eigenvalue weighted by Crippen LogP contribution is -2.14. The van der Waals surface area contributed by atoms with E-state index in [0.717, 1.165) is 5.56 Å². The van der Waals surface area contributed by atoms with Gasteiger partial charge in [0.15, 0.2) is 11.5 Å². The van der Waals surface area contributed by atoms with Crippen LogP contribution in [0, 0.1) is 0 Å². The van der Waals surface area contributed by atoms with E-state index in [-0.39, 0.29) is 5.69 Å². The van der Waals surface area contributed by atoms with Crippen LogP contribution < -0.4 is 10.1 Å². The number of rotatable bonds is 7. The standard InChI is InChI=1S/C21H17ClN4O3/c22-16-5-3-4-15(12-16)20-13-18(25-29-20)21(27)24-17-6-1-2-7-19(17)28-11-10-26-9-8-23-14-26/h1-9,12-14H,10-11H2,(H,24,27). The summed E-state index contributed by atoms with van der Waals surface area (Å²) in [7, 11) is 0. The minimum atomic E-state index is -0.396. The van der Waals surface area contributed by atoms with E-state index in [0.29, 0.717) is 35.4 Å². The van der Waals surface area contributed by atoms with E-state index in [4.69, 9.17) is 20.9 Å². The number of ether oxygens (including phenoxy) is 1. The van der Waals surface area contributed by atoms with Crippen molar-refractivity contribution in [2.45, 2.75) is 6.54 Å². The molecule has 0 aliphatic heterocycles. The fourth-order valence-electron chi connectivity index (χ4n) is 2.72. The lowest BCUT2D eigenvalue weighted by atomic mass is 10.1. The first-order valence-corrected chi connectivity index (χ1v) is 9.28. The smallest absolute Gasteiger partial charge is 0.277 e. The number of nitrogens with zero attached hydrogens (tertiary/aromatic N) is 3. The van der Waals surface area contributed by atoms with Crippen LogP contribution in [0.4, 0.5) is 5.69 Å². The van der Waals surface area contributed by atoms with Gasteiger partial charge < -0.3 is 19.1 Å². The summed E-state index contributed by atoms with van der Waals surface area (Å²) in [6, 6.07) is 15.9. The van der Waals surface area contributed by atoms with Crippen LogP contribution in [-0.2, 0) is 6.54 Å². The van der Waals surface area contributed by atoms with Crippen LogP contribution in [0.3, 0.4) is 0 Å². The van der Waals surface area contributed by atoms with Crippen molar-refractivity contribution in [3.63, 3.8) is 0 Å². The Morgan fingerprint density at radius 3 is 2.90 bits per heavy atom. The second kappa shape index (κ2) is 8.62. The van der Waals surface area contributed by atoms with Gasteiger partial charge in [-0.2, -0.15) is 0 Å². The molecule has 2 aromatic carbocycles. The van der Waals surface area contributed by atoms with Crippen LogP contribution in [0.25, 0.3) is 11.3 Å². The first-order valence-electron chi connectivity index (χ1n) is 8.90. The lowest BCUT2D eigenvalue weighted by molar-refractivity contribution is 0.101. The van der Waals surface area contributed by atoms with Gasteiger partial charge in [0.1, 0.15) is 12.4 Å². The van der Waals surface area contributed by atoms with Crippen molar-refractivity contribution >= 4 is 23.2 Å². The Kier molecular flexibility index (Phi) is 5.58. The van der Waals surface area contributed by atoms with Crippen molar-refractivity contribution in [3.8, 4) is 17.1 Å². The third-order valence-electron chi connectivity index (χ3n) is 4.15. The van der Waals surface area contributed by atoms with Gasteiger partial charge in [-0.25, -0.2) is 4.98 Å². The van der Waals surface area contributed by atoms with Gasteiger partial charge in [0, 0.05) is 29.0 Å². The average molecular weight is 409 g/mol. The second-order valence-corrected chi connectivity index (χ2v) is 6.62. The summed E-state index contributed by atoms with van der Waals surface area (Å²) < 4.78 is 13.0. The Labute approximate surface area is 171 Å². The van der Waals surface area contributed by atoms with E-state index in [9.17, 15) is 4.79 Å². The highest BCUT2D eigenvalue weighted by molar-refractivity contribution is 6.30. The second-order valence-electron chi connectivity index (χ2n) is 6.19. The van der Waals surface area contributed by atoms with Crippen LogP contribution in [0.15, 0.2) is 77.8 Å². The van der Waals surface area contributed by atoms with Gasteiger partial charge in [-0.05, 0) is 24.3 Å². The zero-order chi connectivity index (χ0) is 20.1. The first kappa shape index (κ1) is 18.8. The molecule has 0 saturated carbocycles. The first-order chi connectivity index (χ1) is 14.2. The zero-order valence-electron chi connectivity index (χ0n) is 15.3. The van der Waals surface area contributed by atoms with Crippen molar-refractivity contribution in [2.75, 3.05) is 11.9 Å². The van der Waals surface area contributed by atoms with Crippen LogP contribution in [0.1, 0.15) is 10.5 Å². The van der Waals surface area contributed by atoms with E-state index in [1.807, 2.05) is 29.0 Å². The Morgan fingerprint density at radius 1 is 1.17 bits per heavy atom. The number of benzene rings is 2. The highest BCUT2D eigenvalue weighted by Crippen LogP contribution is 2.26. The summed E-state index contributed by atoms with van der Waals surface area (Å²) in [6.07, 6.45) is 5.29. The number of para-hydroxylation sites is 2. The summed E-state index contributed by atoms with van der Waals surface area (Å²) in [5.74, 6) is 0.634. The molecule has 0 unspecified atom stereocenters. The predicted octanol–water partition coefficient (Wildman–Crippen LogP) is 4.52. The summed E-state index contributed by atoms with van der Waals surface area (Å²) >= 11 is 6.00. The monoisotopic (exact) mass is 408 g/mol. The Hall–Kier alpha value is -3.58. The van der Waals surface area contributed by atoms with E-state index in [2.05, 4.69) is 15.5 Å². The van der Waals surface area contributed by atoms with Gasteiger partial charge in [0.2, 0.25) is 0 Å². The summed E-state index contributed by atoms with van der Waals surface area (Å²) in [6.45, 7) is 1.08. The third kappa shape index (κ3) is 4.64. The molecule has 2 heterocycles. The molecule has 29 heavy (non-hydrogen) atoms. The SMILES string of the molecule is O=C(Nc1ccccc1OCCn1ccnc1)c1cc(-c2cccc(Cl)c2)on1. The number of nitrogens with one attached hydrogen (secondary N) is 1. The summed E-state index contributed by atoms with van der Waals surface area (Å²) in [4.78, 5) is 16.6. The highest BCUT2D eigenvalue weighted by atomic mass is 35.5. The fraction of sp³-hybridized carbons (Fsp3) is 0.0952. The molecular weight excluding hydrogens is 392 g/mol. The van der Waals surface area contributed by atoms with Crippen molar-refractivity contribution < 1.29 is 14.1 Å². The largest absolute Gasteiger partial charge is 0.490 e. The molecule has 4 aromatic rings. The molecule has 146 valence electrons. The van der Waals surface area contributed by atoms with Crippen molar-refractivity contribution in [1.82, 2.24) is 14.7 Å². The zero-order valence-corrected chi connectivity index (χ0v) is 16.0.